The number of H-pyrrole nitrogens is 1. The SMILES string of the molecule is Cc1ccc(C(O)(Cc2nn[nH]n2)C(F)(F)F)o1. The Morgan fingerprint density at radius 3 is 2.56 bits per heavy atom. The number of nitrogens with zero attached hydrogens (tertiary/aromatic N) is 3. The highest BCUT2D eigenvalue weighted by molar-refractivity contribution is 5.17. The number of hydrogen-bond donors (Lipinski definition) is 2. The van der Waals surface area contributed by atoms with E-state index in [1.54, 1.807) is 0 Å². The molecule has 0 bridgehead atoms. The Balaban J connectivity index is 2.41. The van der Waals surface area contributed by atoms with Crippen molar-refractivity contribution in [1.82, 2.24) is 20.6 Å². The summed E-state index contributed by atoms with van der Waals surface area (Å²) in [4.78, 5) is 0. The van der Waals surface area contributed by atoms with Gasteiger partial charge in [0, 0.05) is 0 Å². The van der Waals surface area contributed by atoms with Gasteiger partial charge in [-0.3, -0.25) is 0 Å². The summed E-state index contributed by atoms with van der Waals surface area (Å²) in [6.07, 6.45) is -5.79. The van der Waals surface area contributed by atoms with Crippen molar-refractivity contribution in [3.63, 3.8) is 0 Å². The van der Waals surface area contributed by atoms with Crippen LogP contribution in [-0.4, -0.2) is 31.9 Å². The van der Waals surface area contributed by atoms with Crippen molar-refractivity contribution in [3.05, 3.63) is 29.5 Å². The Labute approximate surface area is 98.8 Å². The minimum Gasteiger partial charge on any atom is -0.463 e. The summed E-state index contributed by atoms with van der Waals surface area (Å²) >= 11 is 0. The number of halogens is 3. The molecule has 0 fully saturated rings. The molecule has 9 heteroatoms. The van der Waals surface area contributed by atoms with Crippen LogP contribution in [0.4, 0.5) is 13.2 Å². The first-order chi connectivity index (χ1) is 8.33. The van der Waals surface area contributed by atoms with Crippen molar-refractivity contribution in [2.45, 2.75) is 25.1 Å². The molecule has 0 aliphatic rings. The van der Waals surface area contributed by atoms with E-state index in [2.05, 4.69) is 15.4 Å². The summed E-state index contributed by atoms with van der Waals surface area (Å²) in [5.41, 5.74) is -3.18. The molecule has 2 aromatic rings. The van der Waals surface area contributed by atoms with E-state index in [4.69, 9.17) is 4.42 Å². The van der Waals surface area contributed by atoms with Gasteiger partial charge in [0.15, 0.2) is 5.82 Å². The van der Waals surface area contributed by atoms with E-state index in [0.29, 0.717) is 0 Å². The number of rotatable bonds is 3. The maximum Gasteiger partial charge on any atom is 0.425 e. The third-order valence-electron chi connectivity index (χ3n) is 2.42. The summed E-state index contributed by atoms with van der Waals surface area (Å²) < 4.78 is 43.9. The van der Waals surface area contributed by atoms with Gasteiger partial charge >= 0.3 is 6.18 Å². The molecule has 0 spiro atoms. The molecule has 1 unspecified atom stereocenters. The second-order valence-electron chi connectivity index (χ2n) is 3.77. The van der Waals surface area contributed by atoms with Crippen molar-refractivity contribution in [2.24, 2.45) is 0 Å². The van der Waals surface area contributed by atoms with E-state index in [0.717, 1.165) is 6.07 Å². The maximum absolute atomic E-state index is 13.0. The molecule has 0 aliphatic heterocycles. The van der Waals surface area contributed by atoms with Crippen LogP contribution in [0.25, 0.3) is 0 Å². The van der Waals surface area contributed by atoms with E-state index in [1.807, 2.05) is 5.21 Å². The van der Waals surface area contributed by atoms with Crippen LogP contribution in [0, 0.1) is 6.92 Å². The summed E-state index contributed by atoms with van der Waals surface area (Å²) in [6, 6.07) is 2.41. The predicted molar refractivity (Wildman–Crippen MR) is 51.3 cm³/mol. The van der Waals surface area contributed by atoms with Gasteiger partial charge in [0.05, 0.1) is 6.42 Å². The Morgan fingerprint density at radius 2 is 2.11 bits per heavy atom. The number of hydrogen-bond acceptors (Lipinski definition) is 5. The predicted octanol–water partition coefficient (Wildman–Crippen LogP) is 1.09. The lowest BCUT2D eigenvalue weighted by molar-refractivity contribution is -0.272. The van der Waals surface area contributed by atoms with Crippen LogP contribution in [0.1, 0.15) is 17.3 Å². The molecular formula is C9H9F3N4O2. The molecular weight excluding hydrogens is 253 g/mol. The van der Waals surface area contributed by atoms with E-state index < -0.39 is 24.0 Å². The Kier molecular flexibility index (Phi) is 2.85. The number of aliphatic hydroxyl groups is 1. The quantitative estimate of drug-likeness (QED) is 0.864. The molecule has 98 valence electrons. The second-order valence-corrected chi connectivity index (χ2v) is 3.77. The fourth-order valence-corrected chi connectivity index (χ4v) is 1.47. The lowest BCUT2D eigenvalue weighted by atomic mass is 9.95. The van der Waals surface area contributed by atoms with E-state index in [-0.39, 0.29) is 11.6 Å². The molecule has 2 N–H and O–H groups in total. The highest BCUT2D eigenvalue weighted by atomic mass is 19.4. The lowest BCUT2D eigenvalue weighted by Crippen LogP contribution is -2.44. The van der Waals surface area contributed by atoms with Gasteiger partial charge in [-0.1, -0.05) is 5.21 Å². The van der Waals surface area contributed by atoms with Crippen LogP contribution in [-0.2, 0) is 12.0 Å². The van der Waals surface area contributed by atoms with Crippen molar-refractivity contribution >= 4 is 0 Å². The van der Waals surface area contributed by atoms with E-state index in [1.165, 1.54) is 13.0 Å². The van der Waals surface area contributed by atoms with Crippen LogP contribution >= 0.6 is 0 Å². The van der Waals surface area contributed by atoms with Gasteiger partial charge in [-0.25, -0.2) is 0 Å². The van der Waals surface area contributed by atoms with Gasteiger partial charge in [0.2, 0.25) is 5.60 Å². The number of aryl methyl sites for hydroxylation is 1. The molecule has 0 radical (unpaired) electrons. The van der Waals surface area contributed by atoms with Crippen LogP contribution in [0.15, 0.2) is 16.5 Å². The van der Waals surface area contributed by atoms with Gasteiger partial charge in [-0.05, 0) is 19.1 Å². The van der Waals surface area contributed by atoms with Crippen LogP contribution in [0.2, 0.25) is 0 Å². The Hall–Kier alpha value is -1.90. The zero-order valence-corrected chi connectivity index (χ0v) is 9.19. The van der Waals surface area contributed by atoms with Crippen molar-refractivity contribution < 1.29 is 22.7 Å². The fourth-order valence-electron chi connectivity index (χ4n) is 1.47. The number of aromatic amines is 1. The number of alkyl halides is 3. The number of tetrazole rings is 1. The van der Waals surface area contributed by atoms with E-state index in [9.17, 15) is 18.3 Å². The second kappa shape index (κ2) is 4.09. The summed E-state index contributed by atoms with van der Waals surface area (Å²) in [6.45, 7) is 1.48. The minimum absolute atomic E-state index is 0.260. The number of furan rings is 1. The number of aromatic nitrogens is 4. The minimum atomic E-state index is -4.92. The topological polar surface area (TPSA) is 87.8 Å². The largest absolute Gasteiger partial charge is 0.463 e. The average Bonchev–Trinajstić information content (AvgIpc) is 2.87. The van der Waals surface area contributed by atoms with Gasteiger partial charge in [-0.15, -0.1) is 10.2 Å². The molecule has 2 heterocycles. The van der Waals surface area contributed by atoms with Crippen molar-refractivity contribution in [3.8, 4) is 0 Å². The molecule has 0 aliphatic carbocycles. The molecule has 0 saturated heterocycles. The molecule has 0 aromatic carbocycles. The highest BCUT2D eigenvalue weighted by Gasteiger charge is 2.58. The molecule has 0 saturated carbocycles. The average molecular weight is 262 g/mol. The van der Waals surface area contributed by atoms with Gasteiger partial charge in [0.1, 0.15) is 11.5 Å². The van der Waals surface area contributed by atoms with Crippen LogP contribution in [0.5, 0.6) is 0 Å². The first-order valence-corrected chi connectivity index (χ1v) is 4.91. The third kappa shape index (κ3) is 2.08. The molecule has 18 heavy (non-hydrogen) atoms. The molecule has 2 aromatic heterocycles. The van der Waals surface area contributed by atoms with E-state index >= 15 is 0 Å². The first kappa shape index (κ1) is 12.6. The smallest absolute Gasteiger partial charge is 0.425 e. The summed E-state index contributed by atoms with van der Waals surface area (Å²) in [7, 11) is 0. The summed E-state index contributed by atoms with van der Waals surface area (Å²) in [5.74, 6) is -0.595. The van der Waals surface area contributed by atoms with Gasteiger partial charge in [-0.2, -0.15) is 18.4 Å². The van der Waals surface area contributed by atoms with Gasteiger partial charge in [0.25, 0.3) is 0 Å². The molecule has 1 atom stereocenters. The standard InChI is InChI=1S/C9H9F3N4O2/c1-5-2-3-6(18-5)8(17,9(10,11)12)4-7-13-15-16-14-7/h2-3,17H,4H2,1H3,(H,13,14,15,16). The maximum atomic E-state index is 13.0. The zero-order valence-electron chi connectivity index (χ0n) is 9.19. The van der Waals surface area contributed by atoms with Crippen LogP contribution in [0.3, 0.4) is 0 Å². The lowest BCUT2D eigenvalue weighted by Gasteiger charge is -2.27. The van der Waals surface area contributed by atoms with Gasteiger partial charge < -0.3 is 9.52 Å². The van der Waals surface area contributed by atoms with Crippen LogP contribution < -0.4 is 0 Å². The van der Waals surface area contributed by atoms with Crippen molar-refractivity contribution in [2.75, 3.05) is 0 Å². The Morgan fingerprint density at radius 1 is 1.39 bits per heavy atom. The van der Waals surface area contributed by atoms with Crippen molar-refractivity contribution in [1.29, 1.82) is 0 Å². The third-order valence-corrected chi connectivity index (χ3v) is 2.42. The zero-order chi connectivity index (χ0) is 13.4. The fraction of sp³-hybridized carbons (Fsp3) is 0.444. The highest BCUT2D eigenvalue weighted by Crippen LogP contribution is 2.41. The monoisotopic (exact) mass is 262 g/mol. The Bertz CT molecular complexity index is 522. The normalized spacial score (nSPS) is 15.6. The summed E-state index contributed by atoms with van der Waals surface area (Å²) in [5, 5.41) is 21.8. The first-order valence-electron chi connectivity index (χ1n) is 4.91. The molecule has 2 rings (SSSR count). The molecule has 0 amide bonds. The number of nitrogens with one attached hydrogen (secondary N) is 1. The molecule has 6 nitrogen and oxygen atoms in total.